The summed E-state index contributed by atoms with van der Waals surface area (Å²) in [4.78, 5) is 14.5. The van der Waals surface area contributed by atoms with E-state index in [-0.39, 0.29) is 30.1 Å². The lowest BCUT2D eigenvalue weighted by molar-refractivity contribution is 0.0910. The van der Waals surface area contributed by atoms with Gasteiger partial charge in [-0.25, -0.2) is 4.39 Å². The summed E-state index contributed by atoms with van der Waals surface area (Å²) in [6.45, 7) is 0.510. The van der Waals surface area contributed by atoms with E-state index in [1.807, 2.05) is 43.3 Å². The number of amides is 1. The molecule has 0 aliphatic carbocycles. The van der Waals surface area contributed by atoms with Crippen LogP contribution in [0, 0.1) is 5.82 Å². The van der Waals surface area contributed by atoms with E-state index < -0.39 is 0 Å². The van der Waals surface area contributed by atoms with E-state index in [4.69, 9.17) is 20.8 Å². The molecular formula is C22H22ClFN2O3. The zero-order chi connectivity index (χ0) is 20.8. The zero-order valence-corrected chi connectivity index (χ0v) is 16.9. The number of carbonyl (C=O) groups is 1. The number of hydrogen-bond acceptors (Lipinski definition) is 4. The molecule has 0 aliphatic rings. The van der Waals surface area contributed by atoms with Gasteiger partial charge in [-0.2, -0.15) is 0 Å². The van der Waals surface area contributed by atoms with Crippen molar-refractivity contribution < 1.29 is 18.3 Å². The number of nitrogens with one attached hydrogen (secondary N) is 1. The van der Waals surface area contributed by atoms with E-state index in [9.17, 15) is 9.18 Å². The van der Waals surface area contributed by atoms with E-state index in [2.05, 4.69) is 5.32 Å². The van der Waals surface area contributed by atoms with Crippen molar-refractivity contribution in [2.75, 3.05) is 20.6 Å². The minimum atomic E-state index is -0.331. The third-order valence-electron chi connectivity index (χ3n) is 4.42. The summed E-state index contributed by atoms with van der Waals surface area (Å²) < 4.78 is 24.0. The molecule has 1 unspecified atom stereocenters. The molecular weight excluding hydrogens is 395 g/mol. The maximum atomic E-state index is 12.9. The lowest BCUT2D eigenvalue weighted by Gasteiger charge is -2.25. The first-order valence-corrected chi connectivity index (χ1v) is 9.48. The molecule has 0 radical (unpaired) electrons. The maximum Gasteiger partial charge on any atom is 0.287 e. The van der Waals surface area contributed by atoms with E-state index in [1.54, 1.807) is 12.1 Å². The van der Waals surface area contributed by atoms with Crippen LogP contribution in [0.1, 0.15) is 27.9 Å². The molecule has 152 valence electrons. The van der Waals surface area contributed by atoms with Crippen molar-refractivity contribution in [1.29, 1.82) is 0 Å². The van der Waals surface area contributed by atoms with Gasteiger partial charge in [0.25, 0.3) is 5.91 Å². The van der Waals surface area contributed by atoms with Gasteiger partial charge in [0.2, 0.25) is 0 Å². The lowest BCUT2D eigenvalue weighted by atomic mass is 10.1. The molecule has 0 fully saturated rings. The van der Waals surface area contributed by atoms with E-state index in [0.717, 1.165) is 5.56 Å². The highest BCUT2D eigenvalue weighted by atomic mass is 35.5. The molecule has 1 heterocycles. The Labute approximate surface area is 174 Å². The minimum absolute atomic E-state index is 0.0797. The van der Waals surface area contributed by atoms with Crippen LogP contribution in [0.2, 0.25) is 5.02 Å². The van der Waals surface area contributed by atoms with Crippen molar-refractivity contribution in [2.24, 2.45) is 0 Å². The summed E-state index contributed by atoms with van der Waals surface area (Å²) in [7, 11) is 3.86. The monoisotopic (exact) mass is 416 g/mol. The highest BCUT2D eigenvalue weighted by Crippen LogP contribution is 2.25. The fourth-order valence-electron chi connectivity index (χ4n) is 2.86. The summed E-state index contributed by atoms with van der Waals surface area (Å²) >= 11 is 6.30. The molecule has 1 N–H and O–H groups in total. The normalized spacial score (nSPS) is 12.0. The van der Waals surface area contributed by atoms with Gasteiger partial charge in [0, 0.05) is 11.6 Å². The topological polar surface area (TPSA) is 54.7 Å². The molecule has 0 saturated carbocycles. The Hall–Kier alpha value is -2.83. The van der Waals surface area contributed by atoms with Gasteiger partial charge < -0.3 is 19.4 Å². The quantitative estimate of drug-likeness (QED) is 0.579. The number of ether oxygens (including phenoxy) is 1. The van der Waals surface area contributed by atoms with Gasteiger partial charge >= 0.3 is 0 Å². The van der Waals surface area contributed by atoms with Gasteiger partial charge in [0.15, 0.2) is 5.76 Å². The third kappa shape index (κ3) is 5.59. The number of hydrogen-bond donors (Lipinski definition) is 1. The van der Waals surface area contributed by atoms with Gasteiger partial charge in [-0.1, -0.05) is 29.8 Å². The molecule has 0 spiro atoms. The van der Waals surface area contributed by atoms with E-state index >= 15 is 0 Å². The number of rotatable bonds is 8. The van der Waals surface area contributed by atoms with Crippen molar-refractivity contribution in [3.05, 3.63) is 88.6 Å². The number of nitrogens with zero attached hydrogens (tertiary/aromatic N) is 1. The number of benzene rings is 2. The molecule has 29 heavy (non-hydrogen) atoms. The largest absolute Gasteiger partial charge is 0.486 e. The molecule has 1 aromatic heterocycles. The van der Waals surface area contributed by atoms with Crippen molar-refractivity contribution in [2.45, 2.75) is 12.6 Å². The predicted octanol–water partition coefficient (Wildman–Crippen LogP) is 4.68. The Balaban J connectivity index is 1.58. The predicted molar refractivity (Wildman–Crippen MR) is 110 cm³/mol. The fourth-order valence-corrected chi connectivity index (χ4v) is 3.12. The first-order chi connectivity index (χ1) is 13.9. The van der Waals surface area contributed by atoms with Crippen molar-refractivity contribution in [3.8, 4) is 5.75 Å². The lowest BCUT2D eigenvalue weighted by Crippen LogP contribution is -2.34. The van der Waals surface area contributed by atoms with Gasteiger partial charge in [0.05, 0.1) is 6.04 Å². The highest BCUT2D eigenvalue weighted by Gasteiger charge is 2.19. The summed E-state index contributed by atoms with van der Waals surface area (Å²) in [6.07, 6.45) is 0. The summed E-state index contributed by atoms with van der Waals surface area (Å²) in [5.74, 6) is 0.551. The molecule has 3 aromatic rings. The Morgan fingerprint density at radius 2 is 1.86 bits per heavy atom. The van der Waals surface area contributed by atoms with Crippen LogP contribution < -0.4 is 10.1 Å². The van der Waals surface area contributed by atoms with Crippen LogP contribution in [0.25, 0.3) is 0 Å². The van der Waals surface area contributed by atoms with Crippen molar-refractivity contribution in [3.63, 3.8) is 0 Å². The molecule has 7 heteroatoms. The van der Waals surface area contributed by atoms with Gasteiger partial charge in [-0.3, -0.25) is 4.79 Å². The zero-order valence-electron chi connectivity index (χ0n) is 16.2. The second-order valence-electron chi connectivity index (χ2n) is 6.72. The second kappa shape index (κ2) is 9.58. The van der Waals surface area contributed by atoms with Crippen LogP contribution in [-0.2, 0) is 6.61 Å². The van der Waals surface area contributed by atoms with Crippen LogP contribution >= 0.6 is 11.6 Å². The van der Waals surface area contributed by atoms with Crippen LogP contribution in [0.5, 0.6) is 5.75 Å². The molecule has 1 amide bonds. The molecule has 5 nitrogen and oxygen atoms in total. The van der Waals surface area contributed by atoms with Gasteiger partial charge in [-0.15, -0.1) is 0 Å². The van der Waals surface area contributed by atoms with Gasteiger partial charge in [0.1, 0.15) is 23.9 Å². The molecule has 0 aliphatic heterocycles. The van der Waals surface area contributed by atoms with Crippen LogP contribution in [0.4, 0.5) is 4.39 Å². The van der Waals surface area contributed by atoms with Crippen LogP contribution in [0.3, 0.4) is 0 Å². The summed E-state index contributed by atoms with van der Waals surface area (Å²) in [5.41, 5.74) is 0.937. The second-order valence-corrected chi connectivity index (χ2v) is 7.13. The Bertz CT molecular complexity index is 957. The summed E-state index contributed by atoms with van der Waals surface area (Å²) in [5, 5.41) is 3.54. The first kappa shape index (κ1) is 20.9. The SMILES string of the molecule is CN(C)C(CNC(=O)c1ccc(COc2ccc(F)cc2)o1)c1ccccc1Cl. The minimum Gasteiger partial charge on any atom is -0.486 e. The number of carbonyl (C=O) groups excluding carboxylic acids is 1. The van der Waals surface area contributed by atoms with Crippen molar-refractivity contribution in [1.82, 2.24) is 10.2 Å². The Kier molecular flexibility index (Phi) is 6.90. The average Bonchev–Trinajstić information content (AvgIpc) is 3.18. The van der Waals surface area contributed by atoms with Crippen LogP contribution in [0.15, 0.2) is 65.1 Å². The molecule has 0 bridgehead atoms. The third-order valence-corrected chi connectivity index (χ3v) is 4.77. The highest BCUT2D eigenvalue weighted by molar-refractivity contribution is 6.31. The smallest absolute Gasteiger partial charge is 0.287 e. The van der Waals surface area contributed by atoms with E-state index in [1.165, 1.54) is 24.3 Å². The fraction of sp³-hybridized carbons (Fsp3) is 0.227. The molecule has 2 aromatic carbocycles. The number of likely N-dealkylation sites (N-methyl/N-ethyl adjacent to an activating group) is 1. The van der Waals surface area contributed by atoms with Gasteiger partial charge in [-0.05, 0) is 62.1 Å². The number of furan rings is 1. The van der Waals surface area contributed by atoms with E-state index in [0.29, 0.717) is 23.1 Å². The summed E-state index contributed by atoms with van der Waals surface area (Å²) in [6, 6.07) is 16.4. The Morgan fingerprint density at radius 3 is 2.55 bits per heavy atom. The Morgan fingerprint density at radius 1 is 1.14 bits per heavy atom. The molecule has 3 rings (SSSR count). The van der Waals surface area contributed by atoms with Crippen LogP contribution in [-0.4, -0.2) is 31.4 Å². The standard InChI is InChI=1S/C22H22ClFN2O3/c1-26(2)20(18-5-3-4-6-19(18)23)13-25-22(27)21-12-11-17(29-21)14-28-16-9-7-15(24)8-10-16/h3-12,20H,13-14H2,1-2H3,(H,25,27). The molecule has 1 atom stereocenters. The maximum absolute atomic E-state index is 12.9. The molecule has 0 saturated heterocycles. The first-order valence-electron chi connectivity index (χ1n) is 9.10. The number of halogens is 2. The van der Waals surface area contributed by atoms with Crippen molar-refractivity contribution >= 4 is 17.5 Å². The average molecular weight is 417 g/mol.